The lowest BCUT2D eigenvalue weighted by molar-refractivity contribution is 0.102. The van der Waals surface area contributed by atoms with Crippen LogP contribution in [0.2, 0.25) is 5.02 Å². The molecular formula is C17H10ClF2N3O. The van der Waals surface area contributed by atoms with Crippen LogP contribution in [0.5, 0.6) is 0 Å². The monoisotopic (exact) mass is 345 g/mol. The minimum Gasteiger partial charge on any atom is -0.319 e. The molecule has 7 heteroatoms. The van der Waals surface area contributed by atoms with Gasteiger partial charge in [-0.3, -0.25) is 4.79 Å². The van der Waals surface area contributed by atoms with Crippen molar-refractivity contribution in [3.05, 3.63) is 77.1 Å². The summed E-state index contributed by atoms with van der Waals surface area (Å²) in [5, 5.41) is 3.08. The first-order valence-corrected chi connectivity index (χ1v) is 7.24. The summed E-state index contributed by atoms with van der Waals surface area (Å²) in [6, 6.07) is 9.56. The molecule has 0 spiro atoms. The van der Waals surface area contributed by atoms with Crippen LogP contribution in [0.1, 0.15) is 10.4 Å². The molecule has 0 unspecified atom stereocenters. The predicted molar refractivity (Wildman–Crippen MR) is 86.8 cm³/mol. The average molecular weight is 346 g/mol. The van der Waals surface area contributed by atoms with Gasteiger partial charge in [0, 0.05) is 22.2 Å². The first-order valence-electron chi connectivity index (χ1n) is 6.87. The van der Waals surface area contributed by atoms with Crippen molar-refractivity contribution in [1.82, 2.24) is 9.97 Å². The lowest BCUT2D eigenvalue weighted by Crippen LogP contribution is -2.13. The van der Waals surface area contributed by atoms with E-state index in [1.807, 2.05) is 0 Å². The summed E-state index contributed by atoms with van der Waals surface area (Å²) in [5.74, 6) is -1.85. The molecule has 1 heterocycles. The molecule has 1 aromatic heterocycles. The number of carbonyl (C=O) groups excluding carboxylic acids is 1. The van der Waals surface area contributed by atoms with Crippen LogP contribution in [0.4, 0.5) is 14.5 Å². The molecule has 24 heavy (non-hydrogen) atoms. The Bertz CT molecular complexity index is 863. The van der Waals surface area contributed by atoms with Crippen LogP contribution in [0, 0.1) is 11.6 Å². The summed E-state index contributed by atoms with van der Waals surface area (Å²) < 4.78 is 26.3. The molecule has 0 atom stereocenters. The molecule has 0 radical (unpaired) electrons. The summed E-state index contributed by atoms with van der Waals surface area (Å²) in [6.45, 7) is 0. The second kappa shape index (κ2) is 6.72. The number of nitrogens with one attached hydrogen (secondary N) is 1. The highest BCUT2D eigenvalue weighted by Gasteiger charge is 2.10. The van der Waals surface area contributed by atoms with Gasteiger partial charge in [-0.25, -0.2) is 18.7 Å². The Morgan fingerprint density at radius 3 is 2.12 bits per heavy atom. The number of rotatable bonds is 3. The highest BCUT2D eigenvalue weighted by molar-refractivity contribution is 6.30. The van der Waals surface area contributed by atoms with Crippen molar-refractivity contribution >= 4 is 23.2 Å². The molecule has 0 saturated heterocycles. The smallest absolute Gasteiger partial charge is 0.255 e. The fraction of sp³-hybridized carbons (Fsp3) is 0. The van der Waals surface area contributed by atoms with Crippen molar-refractivity contribution < 1.29 is 13.6 Å². The number of nitrogens with zero attached hydrogens (tertiary/aromatic N) is 2. The molecule has 3 aromatic rings. The normalized spacial score (nSPS) is 10.5. The Morgan fingerprint density at radius 1 is 0.958 bits per heavy atom. The zero-order valence-electron chi connectivity index (χ0n) is 12.1. The third-order valence-corrected chi connectivity index (χ3v) is 3.39. The fourth-order valence-electron chi connectivity index (χ4n) is 2.03. The van der Waals surface area contributed by atoms with E-state index in [1.165, 1.54) is 12.4 Å². The number of hydrogen-bond donors (Lipinski definition) is 1. The number of halogens is 3. The lowest BCUT2D eigenvalue weighted by Gasteiger charge is -2.06. The maximum absolute atomic E-state index is 13.1. The van der Waals surface area contributed by atoms with E-state index in [0.29, 0.717) is 22.6 Å². The van der Waals surface area contributed by atoms with Crippen molar-refractivity contribution in [2.45, 2.75) is 0 Å². The van der Waals surface area contributed by atoms with Crippen molar-refractivity contribution in [3.63, 3.8) is 0 Å². The van der Waals surface area contributed by atoms with Crippen molar-refractivity contribution in [2.75, 3.05) is 5.32 Å². The van der Waals surface area contributed by atoms with Crippen LogP contribution in [0.15, 0.2) is 54.9 Å². The zero-order valence-corrected chi connectivity index (χ0v) is 12.9. The largest absolute Gasteiger partial charge is 0.319 e. The highest BCUT2D eigenvalue weighted by atomic mass is 35.5. The number of carbonyl (C=O) groups is 1. The van der Waals surface area contributed by atoms with Crippen molar-refractivity contribution in [2.24, 2.45) is 0 Å². The number of aromatic nitrogens is 2. The Morgan fingerprint density at radius 2 is 1.54 bits per heavy atom. The molecule has 0 aliphatic carbocycles. The molecule has 1 N–H and O–H groups in total. The number of benzene rings is 2. The molecule has 3 rings (SSSR count). The minimum atomic E-state index is -0.825. The van der Waals surface area contributed by atoms with E-state index < -0.39 is 17.5 Å². The van der Waals surface area contributed by atoms with Crippen LogP contribution in [0.25, 0.3) is 11.4 Å². The van der Waals surface area contributed by atoms with Gasteiger partial charge in [-0.2, -0.15) is 0 Å². The van der Waals surface area contributed by atoms with Gasteiger partial charge in [-0.1, -0.05) is 11.6 Å². The molecular weight excluding hydrogens is 336 g/mol. The molecule has 1 amide bonds. The molecule has 0 saturated carbocycles. The minimum absolute atomic E-state index is 0.130. The Balaban J connectivity index is 1.76. The van der Waals surface area contributed by atoms with Crippen LogP contribution in [-0.4, -0.2) is 15.9 Å². The van der Waals surface area contributed by atoms with Gasteiger partial charge in [0.1, 0.15) is 11.6 Å². The van der Waals surface area contributed by atoms with Gasteiger partial charge < -0.3 is 5.32 Å². The summed E-state index contributed by atoms with van der Waals surface area (Å²) in [4.78, 5) is 20.3. The number of amides is 1. The van der Waals surface area contributed by atoms with E-state index in [4.69, 9.17) is 11.6 Å². The Labute approximate surface area is 141 Å². The molecule has 0 bridgehead atoms. The molecule has 2 aromatic carbocycles. The third kappa shape index (κ3) is 3.72. The van der Waals surface area contributed by atoms with Gasteiger partial charge in [0.25, 0.3) is 5.91 Å². The van der Waals surface area contributed by atoms with Crippen molar-refractivity contribution in [1.29, 1.82) is 0 Å². The van der Waals surface area contributed by atoms with E-state index in [9.17, 15) is 13.6 Å². The van der Waals surface area contributed by atoms with Gasteiger partial charge in [-0.05, 0) is 36.4 Å². The summed E-state index contributed by atoms with van der Waals surface area (Å²) in [6.07, 6.45) is 2.81. The second-order valence-corrected chi connectivity index (χ2v) is 5.35. The summed E-state index contributed by atoms with van der Waals surface area (Å²) in [5.41, 5.74) is 0.945. The number of anilines is 1. The lowest BCUT2D eigenvalue weighted by atomic mass is 10.2. The average Bonchev–Trinajstić information content (AvgIpc) is 2.55. The van der Waals surface area contributed by atoms with Gasteiger partial charge in [0.05, 0.1) is 18.1 Å². The van der Waals surface area contributed by atoms with E-state index in [2.05, 4.69) is 15.3 Å². The summed E-state index contributed by atoms with van der Waals surface area (Å²) >= 11 is 5.82. The van der Waals surface area contributed by atoms with Crippen LogP contribution in [-0.2, 0) is 0 Å². The SMILES string of the molecule is O=C(Nc1cnc(-c2ccc(Cl)cc2)nc1)c1cc(F)cc(F)c1. The number of hydrogen-bond acceptors (Lipinski definition) is 3. The van der Waals surface area contributed by atoms with Crippen molar-refractivity contribution in [3.8, 4) is 11.4 Å². The van der Waals surface area contributed by atoms with E-state index >= 15 is 0 Å². The van der Waals surface area contributed by atoms with Gasteiger partial charge >= 0.3 is 0 Å². The van der Waals surface area contributed by atoms with Gasteiger partial charge in [-0.15, -0.1) is 0 Å². The van der Waals surface area contributed by atoms with Crippen LogP contribution < -0.4 is 5.32 Å². The van der Waals surface area contributed by atoms with Crippen LogP contribution >= 0.6 is 11.6 Å². The first-order chi connectivity index (χ1) is 11.5. The highest BCUT2D eigenvalue weighted by Crippen LogP contribution is 2.19. The molecule has 0 aliphatic rings. The maximum Gasteiger partial charge on any atom is 0.255 e. The third-order valence-electron chi connectivity index (χ3n) is 3.14. The topological polar surface area (TPSA) is 54.9 Å². The fourth-order valence-corrected chi connectivity index (χ4v) is 2.15. The van der Waals surface area contributed by atoms with Gasteiger partial charge in [0.2, 0.25) is 0 Å². The van der Waals surface area contributed by atoms with E-state index in [0.717, 1.165) is 17.7 Å². The maximum atomic E-state index is 13.1. The molecule has 120 valence electrons. The van der Waals surface area contributed by atoms with Crippen LogP contribution in [0.3, 0.4) is 0 Å². The molecule has 0 fully saturated rings. The van der Waals surface area contributed by atoms with E-state index in [1.54, 1.807) is 24.3 Å². The predicted octanol–water partition coefficient (Wildman–Crippen LogP) is 4.33. The zero-order chi connectivity index (χ0) is 17.1. The van der Waals surface area contributed by atoms with Gasteiger partial charge in [0.15, 0.2) is 5.82 Å². The molecule has 0 aliphatic heterocycles. The summed E-state index contributed by atoms with van der Waals surface area (Å²) in [7, 11) is 0. The quantitative estimate of drug-likeness (QED) is 0.768. The first kappa shape index (κ1) is 16.0. The second-order valence-electron chi connectivity index (χ2n) is 4.91. The Kier molecular flexibility index (Phi) is 4.48. The Hall–Kier alpha value is -2.86. The molecule has 4 nitrogen and oxygen atoms in total. The standard InChI is InChI=1S/C17H10ClF2N3O/c18-12-3-1-10(2-4-12)16-21-8-15(9-22-16)23-17(24)11-5-13(19)7-14(20)6-11/h1-9H,(H,23,24). The van der Waals surface area contributed by atoms with E-state index in [-0.39, 0.29) is 5.56 Å².